The van der Waals surface area contributed by atoms with Gasteiger partial charge in [-0.05, 0) is 11.0 Å². The Kier molecular flexibility index (Phi) is 4.38. The first-order valence-corrected chi connectivity index (χ1v) is 6.31. The highest BCUT2D eigenvalue weighted by Crippen LogP contribution is 2.36. The molecule has 1 nitrogen and oxygen atoms in total. The Morgan fingerprint density at radius 3 is 2.21 bits per heavy atom. The van der Waals surface area contributed by atoms with Crippen LogP contribution in [0.5, 0.6) is 0 Å². The van der Waals surface area contributed by atoms with Crippen molar-refractivity contribution in [3.05, 3.63) is 35.9 Å². The van der Waals surface area contributed by atoms with Gasteiger partial charge >= 0.3 is 0 Å². The molecule has 1 aromatic carbocycles. The summed E-state index contributed by atoms with van der Waals surface area (Å²) in [6.07, 6.45) is 0.181. The lowest BCUT2D eigenvalue weighted by Gasteiger charge is -2.30. The van der Waals surface area contributed by atoms with Crippen molar-refractivity contribution in [1.29, 1.82) is 0 Å². The molecule has 78 valence electrons. The Labute approximate surface area is 100.0 Å². The Bertz CT molecular complexity index is 263. The molecule has 1 aromatic rings. The number of benzene rings is 1. The van der Waals surface area contributed by atoms with Gasteiger partial charge < -0.3 is 4.74 Å². The van der Waals surface area contributed by atoms with Crippen molar-refractivity contribution in [3.63, 3.8) is 0 Å². The van der Waals surface area contributed by atoms with E-state index >= 15 is 0 Å². The first-order chi connectivity index (χ1) is 6.55. The highest BCUT2D eigenvalue weighted by atomic mass is 127. The van der Waals surface area contributed by atoms with Gasteiger partial charge in [-0.3, -0.25) is 0 Å². The summed E-state index contributed by atoms with van der Waals surface area (Å²) < 4.78 is 6.51. The molecule has 14 heavy (non-hydrogen) atoms. The molecule has 1 rings (SSSR count). The van der Waals surface area contributed by atoms with Crippen LogP contribution in [0.2, 0.25) is 0 Å². The van der Waals surface area contributed by atoms with Crippen LogP contribution in [-0.4, -0.2) is 4.61 Å². The van der Waals surface area contributed by atoms with Crippen molar-refractivity contribution in [3.8, 4) is 0 Å². The summed E-state index contributed by atoms with van der Waals surface area (Å²) in [4.78, 5) is 0. The lowest BCUT2D eigenvalue weighted by Crippen LogP contribution is -2.20. The second-order valence-corrected chi connectivity index (χ2v) is 5.06. The Morgan fingerprint density at radius 1 is 1.21 bits per heavy atom. The van der Waals surface area contributed by atoms with Gasteiger partial charge in [-0.15, -0.1) is 0 Å². The van der Waals surface area contributed by atoms with Crippen molar-refractivity contribution in [1.82, 2.24) is 0 Å². The number of ether oxygens (including phenoxy) is 1. The van der Waals surface area contributed by atoms with Gasteiger partial charge in [0.25, 0.3) is 0 Å². The SMILES string of the molecule is CC(C)(C)C(OCI)c1ccccc1. The quantitative estimate of drug-likeness (QED) is 0.601. The Morgan fingerprint density at radius 2 is 1.79 bits per heavy atom. The van der Waals surface area contributed by atoms with Crippen LogP contribution in [0, 0.1) is 5.41 Å². The molecule has 1 unspecified atom stereocenters. The molecule has 0 saturated carbocycles. The van der Waals surface area contributed by atoms with Gasteiger partial charge in [-0.2, -0.15) is 0 Å². The van der Waals surface area contributed by atoms with Crippen LogP contribution < -0.4 is 0 Å². The maximum absolute atomic E-state index is 5.78. The Hall–Kier alpha value is -0.0900. The highest BCUT2D eigenvalue weighted by Gasteiger charge is 2.26. The summed E-state index contributed by atoms with van der Waals surface area (Å²) in [6.45, 7) is 6.62. The maximum atomic E-state index is 5.78. The summed E-state index contributed by atoms with van der Waals surface area (Å²) >= 11 is 2.25. The molecule has 0 amide bonds. The van der Waals surface area contributed by atoms with E-state index in [1.54, 1.807) is 0 Å². The van der Waals surface area contributed by atoms with Crippen LogP contribution in [0.15, 0.2) is 30.3 Å². The minimum Gasteiger partial charge on any atom is -0.363 e. The zero-order valence-corrected chi connectivity index (χ0v) is 11.1. The van der Waals surface area contributed by atoms with Crippen molar-refractivity contribution in [2.75, 3.05) is 4.61 Å². The zero-order valence-electron chi connectivity index (χ0n) is 8.96. The lowest BCUT2D eigenvalue weighted by molar-refractivity contribution is 0.0107. The van der Waals surface area contributed by atoms with E-state index < -0.39 is 0 Å². The van der Waals surface area contributed by atoms with E-state index in [1.807, 2.05) is 6.07 Å². The third-order valence-electron chi connectivity index (χ3n) is 2.12. The van der Waals surface area contributed by atoms with E-state index in [2.05, 4.69) is 67.6 Å². The number of hydrogen-bond acceptors (Lipinski definition) is 1. The van der Waals surface area contributed by atoms with Crippen molar-refractivity contribution in [2.45, 2.75) is 26.9 Å². The van der Waals surface area contributed by atoms with Crippen LogP contribution in [-0.2, 0) is 4.74 Å². The summed E-state index contributed by atoms with van der Waals surface area (Å²) in [7, 11) is 0. The van der Waals surface area contributed by atoms with Crippen LogP contribution >= 0.6 is 22.6 Å². The van der Waals surface area contributed by atoms with E-state index in [0.717, 1.165) is 4.61 Å². The molecular weight excluding hydrogens is 287 g/mol. The minimum atomic E-state index is 0.145. The average Bonchev–Trinajstić information content (AvgIpc) is 2.14. The van der Waals surface area contributed by atoms with Crippen LogP contribution in [0.3, 0.4) is 0 Å². The largest absolute Gasteiger partial charge is 0.363 e. The van der Waals surface area contributed by atoms with Crippen LogP contribution in [0.25, 0.3) is 0 Å². The molecule has 2 heteroatoms. The fourth-order valence-corrected chi connectivity index (χ4v) is 1.90. The van der Waals surface area contributed by atoms with Gasteiger partial charge in [0.2, 0.25) is 0 Å². The van der Waals surface area contributed by atoms with Crippen LogP contribution in [0.4, 0.5) is 0 Å². The summed E-state index contributed by atoms with van der Waals surface area (Å²) in [5, 5.41) is 0. The van der Waals surface area contributed by atoms with Crippen molar-refractivity contribution >= 4 is 22.6 Å². The molecule has 0 bridgehead atoms. The molecular formula is C12H17IO. The minimum absolute atomic E-state index is 0.145. The predicted molar refractivity (Wildman–Crippen MR) is 68.6 cm³/mol. The van der Waals surface area contributed by atoms with E-state index in [9.17, 15) is 0 Å². The Balaban J connectivity index is 2.89. The number of rotatable bonds is 3. The van der Waals surface area contributed by atoms with Gasteiger partial charge in [0, 0.05) is 0 Å². The smallest absolute Gasteiger partial charge is 0.0987 e. The fraction of sp³-hybridized carbons (Fsp3) is 0.500. The first-order valence-electron chi connectivity index (χ1n) is 4.78. The van der Waals surface area contributed by atoms with E-state index in [4.69, 9.17) is 4.74 Å². The number of halogens is 1. The molecule has 0 radical (unpaired) electrons. The van der Waals surface area contributed by atoms with Gasteiger partial charge in [0.05, 0.1) is 10.7 Å². The monoisotopic (exact) mass is 304 g/mol. The van der Waals surface area contributed by atoms with Crippen molar-refractivity contribution in [2.24, 2.45) is 5.41 Å². The molecule has 1 atom stereocenters. The van der Waals surface area contributed by atoms with Gasteiger partial charge in [0.15, 0.2) is 0 Å². The van der Waals surface area contributed by atoms with Gasteiger partial charge in [0.1, 0.15) is 0 Å². The second-order valence-electron chi connectivity index (χ2n) is 4.43. The van der Waals surface area contributed by atoms with Crippen molar-refractivity contribution < 1.29 is 4.74 Å². The van der Waals surface area contributed by atoms with E-state index in [-0.39, 0.29) is 11.5 Å². The third-order valence-corrected chi connectivity index (χ3v) is 2.48. The molecule has 0 fully saturated rings. The molecule has 0 heterocycles. The third kappa shape index (κ3) is 3.24. The van der Waals surface area contributed by atoms with Crippen LogP contribution in [0.1, 0.15) is 32.4 Å². The lowest BCUT2D eigenvalue weighted by atomic mass is 9.85. The molecule has 0 aliphatic rings. The highest BCUT2D eigenvalue weighted by molar-refractivity contribution is 14.1. The number of alkyl halides is 1. The van der Waals surface area contributed by atoms with Gasteiger partial charge in [-0.1, -0.05) is 73.7 Å². The molecule has 0 spiro atoms. The zero-order chi connectivity index (χ0) is 10.6. The van der Waals surface area contributed by atoms with E-state index in [1.165, 1.54) is 5.56 Å². The molecule has 0 aliphatic heterocycles. The normalized spacial score (nSPS) is 14.0. The molecule has 0 aliphatic carbocycles. The summed E-state index contributed by atoms with van der Waals surface area (Å²) in [6, 6.07) is 10.4. The maximum Gasteiger partial charge on any atom is 0.0987 e. The standard InChI is InChI=1S/C12H17IO/c1-12(2,3)11(14-9-13)10-7-5-4-6-8-10/h4-8,11H,9H2,1-3H3. The summed E-state index contributed by atoms with van der Waals surface area (Å²) in [5.41, 5.74) is 1.41. The van der Waals surface area contributed by atoms with Gasteiger partial charge in [-0.25, -0.2) is 0 Å². The molecule has 0 N–H and O–H groups in total. The second kappa shape index (κ2) is 5.12. The van der Waals surface area contributed by atoms with E-state index in [0.29, 0.717) is 0 Å². The fourth-order valence-electron chi connectivity index (χ4n) is 1.54. The first kappa shape index (κ1) is 12.0. The summed E-state index contributed by atoms with van der Waals surface area (Å²) in [5.74, 6) is 0. The molecule has 0 saturated heterocycles. The molecule has 0 aromatic heterocycles. The topological polar surface area (TPSA) is 9.23 Å². The number of hydrogen-bond donors (Lipinski definition) is 0. The predicted octanol–water partition coefficient (Wildman–Crippen LogP) is 4.18. The average molecular weight is 304 g/mol.